The molecular formula is C44H62N2O4S. The standard InChI is InChI=1S/C44H62N2O4S/c1-27(2)32-15-20-44(45-37(47)25-46-24-31-23-30(46)26-51(31,8)50)22-21-42(6)34(38(32)44)13-14-36-41(5)18-16-33(28-9-11-29(12-10-28)39(48)49)40(3,4)35(41)17-19-43(36,42)7/h9-12,16,30-32,34-36,38H,1,8,13-15,17-26H2,2-7H3,(H,45,47)(H,48,49)/t30-,31-,32-,34+,35-,36+,38+,41-,42+,43+,44-,51?/m0/s1. The fraction of sp³-hybridized carbons (Fsp3) is 0.705. The number of allylic oxidation sites excluding steroid dienone is 3. The molecule has 8 rings (SSSR count). The quantitative estimate of drug-likeness (QED) is 0.230. The van der Waals surface area contributed by atoms with Crippen molar-refractivity contribution < 1.29 is 18.9 Å². The summed E-state index contributed by atoms with van der Waals surface area (Å²) in [7, 11) is -1.99. The molecule has 2 bridgehead atoms. The molecule has 6 nitrogen and oxygen atoms in total. The molecular weight excluding hydrogens is 653 g/mol. The molecule has 0 aromatic heterocycles. The van der Waals surface area contributed by atoms with Crippen molar-refractivity contribution in [1.29, 1.82) is 0 Å². The number of fused-ring (bicyclic) bond motifs is 9. The number of hydrogen-bond acceptors (Lipinski definition) is 4. The van der Waals surface area contributed by atoms with Crippen LogP contribution in [0.2, 0.25) is 0 Å². The number of amides is 1. The van der Waals surface area contributed by atoms with E-state index in [-0.39, 0.29) is 44.4 Å². The lowest BCUT2D eigenvalue weighted by Gasteiger charge is -2.72. The fourth-order valence-electron chi connectivity index (χ4n) is 14.8. The lowest BCUT2D eigenvalue weighted by atomic mass is 9.33. The van der Waals surface area contributed by atoms with Gasteiger partial charge in [-0.3, -0.25) is 13.9 Å². The molecule has 1 amide bonds. The molecule has 2 saturated heterocycles. The summed E-state index contributed by atoms with van der Waals surface area (Å²) in [5.41, 5.74) is 4.56. The Morgan fingerprint density at radius 3 is 2.31 bits per heavy atom. The molecule has 0 spiro atoms. The van der Waals surface area contributed by atoms with Crippen molar-refractivity contribution in [2.75, 3.05) is 18.8 Å². The summed E-state index contributed by atoms with van der Waals surface area (Å²) in [5.74, 6) is 6.53. The van der Waals surface area contributed by atoms with Crippen LogP contribution in [0.15, 0.2) is 42.5 Å². The topological polar surface area (TPSA) is 86.7 Å². The normalized spacial score (nSPS) is 46.6. The van der Waals surface area contributed by atoms with E-state index in [1.54, 1.807) is 12.1 Å². The van der Waals surface area contributed by atoms with E-state index >= 15 is 0 Å². The first-order valence-electron chi connectivity index (χ1n) is 19.9. The van der Waals surface area contributed by atoms with Crippen LogP contribution in [0.3, 0.4) is 0 Å². The minimum absolute atomic E-state index is 0.0156. The Hall–Kier alpha value is -2.38. The zero-order valence-corrected chi connectivity index (χ0v) is 32.9. The van der Waals surface area contributed by atoms with E-state index in [1.807, 2.05) is 12.1 Å². The number of carbonyl (C=O) groups excluding carboxylic acids is 1. The Bertz CT molecular complexity index is 1800. The van der Waals surface area contributed by atoms with Gasteiger partial charge in [-0.05, 0) is 161 Å². The maximum atomic E-state index is 14.0. The number of hydrogen-bond donors (Lipinski definition) is 2. The first kappa shape index (κ1) is 35.6. The zero-order valence-electron chi connectivity index (χ0n) is 32.1. The Morgan fingerprint density at radius 1 is 0.961 bits per heavy atom. The third kappa shape index (κ3) is 5.01. The Balaban J connectivity index is 1.07. The second-order valence-corrected chi connectivity index (χ2v) is 22.5. The van der Waals surface area contributed by atoms with Gasteiger partial charge in [-0.2, -0.15) is 0 Å². The number of likely N-dealkylation sites (tertiary alicyclic amines) is 1. The predicted octanol–water partition coefficient (Wildman–Crippen LogP) is 8.08. The van der Waals surface area contributed by atoms with Gasteiger partial charge < -0.3 is 10.4 Å². The minimum atomic E-state index is -1.99. The van der Waals surface area contributed by atoms with Crippen molar-refractivity contribution in [3.63, 3.8) is 0 Å². The lowest BCUT2D eigenvalue weighted by molar-refractivity contribution is -0.219. The van der Waals surface area contributed by atoms with Crippen LogP contribution in [0.1, 0.15) is 122 Å². The summed E-state index contributed by atoms with van der Waals surface area (Å²) in [6.07, 6.45) is 13.8. The van der Waals surface area contributed by atoms with Crippen molar-refractivity contribution in [2.24, 2.45) is 51.2 Å². The summed E-state index contributed by atoms with van der Waals surface area (Å²) >= 11 is 0. The number of nitrogens with zero attached hydrogens (tertiary/aromatic N) is 1. The van der Waals surface area contributed by atoms with Gasteiger partial charge in [-0.15, -0.1) is 0 Å². The van der Waals surface area contributed by atoms with Gasteiger partial charge >= 0.3 is 5.97 Å². The van der Waals surface area contributed by atoms with E-state index in [0.717, 1.165) is 50.6 Å². The first-order chi connectivity index (χ1) is 23.9. The highest BCUT2D eigenvalue weighted by molar-refractivity contribution is 8.01. The third-order valence-electron chi connectivity index (χ3n) is 17.4. The van der Waals surface area contributed by atoms with Gasteiger partial charge in [-0.1, -0.05) is 65.0 Å². The molecule has 5 aliphatic carbocycles. The molecule has 1 aromatic rings. The smallest absolute Gasteiger partial charge is 0.335 e. The number of carboxylic acid groups (broad SMARTS) is 1. The van der Waals surface area contributed by atoms with Crippen LogP contribution in [-0.4, -0.2) is 67.6 Å². The molecule has 278 valence electrons. The molecule has 1 unspecified atom stereocenters. The number of aromatic carboxylic acids is 1. The molecule has 2 aliphatic heterocycles. The summed E-state index contributed by atoms with van der Waals surface area (Å²) in [6.45, 7) is 20.8. The molecule has 0 radical (unpaired) electrons. The van der Waals surface area contributed by atoms with Gasteiger partial charge in [0.1, 0.15) is 0 Å². The van der Waals surface area contributed by atoms with Crippen LogP contribution < -0.4 is 5.32 Å². The number of carboxylic acids is 1. The second kappa shape index (κ2) is 11.6. The molecule has 12 atom stereocenters. The SMILES string of the molecule is C=C(C)[C@@H]1CC[C@]2(NC(=O)CN3C[C@@H]4C[C@H]3CS4(=C)=O)CC[C@]3(C)[C@H](CC[C@@H]4[C@@]5(C)CC=C(c6ccc(C(=O)O)cc6)C(C)(C)[C@@H]5CC[C@]43C)[C@@H]12. The summed E-state index contributed by atoms with van der Waals surface area (Å²) < 4.78 is 12.8. The molecule has 1 aromatic carbocycles. The predicted molar refractivity (Wildman–Crippen MR) is 208 cm³/mol. The van der Waals surface area contributed by atoms with Crippen LogP contribution in [0.5, 0.6) is 0 Å². The van der Waals surface area contributed by atoms with E-state index in [2.05, 4.69) is 70.3 Å². The lowest BCUT2D eigenvalue weighted by Crippen LogP contribution is -2.68. The van der Waals surface area contributed by atoms with E-state index in [1.165, 1.54) is 36.8 Å². The maximum Gasteiger partial charge on any atom is 0.335 e. The van der Waals surface area contributed by atoms with Gasteiger partial charge in [0.15, 0.2) is 0 Å². The van der Waals surface area contributed by atoms with Gasteiger partial charge in [-0.25, -0.2) is 4.79 Å². The van der Waals surface area contributed by atoms with E-state index < -0.39 is 15.5 Å². The van der Waals surface area contributed by atoms with Crippen LogP contribution in [0, 0.1) is 51.2 Å². The molecule has 4 saturated carbocycles. The molecule has 2 N–H and O–H groups in total. The molecule has 51 heavy (non-hydrogen) atoms. The van der Waals surface area contributed by atoms with Crippen molar-refractivity contribution in [3.8, 4) is 0 Å². The maximum absolute atomic E-state index is 14.0. The highest BCUT2D eigenvalue weighted by Crippen LogP contribution is 2.76. The Morgan fingerprint density at radius 2 is 1.69 bits per heavy atom. The van der Waals surface area contributed by atoms with Crippen LogP contribution in [0.25, 0.3) is 5.57 Å². The highest BCUT2D eigenvalue weighted by Gasteiger charge is 2.70. The molecule has 7 heteroatoms. The van der Waals surface area contributed by atoms with Gasteiger partial charge in [0.2, 0.25) is 5.91 Å². The Kier molecular flexibility index (Phi) is 8.08. The number of benzene rings is 1. The van der Waals surface area contributed by atoms with Crippen molar-refractivity contribution in [1.82, 2.24) is 10.2 Å². The van der Waals surface area contributed by atoms with Crippen molar-refractivity contribution in [3.05, 3.63) is 53.6 Å². The highest BCUT2D eigenvalue weighted by atomic mass is 32.2. The zero-order chi connectivity index (χ0) is 36.5. The van der Waals surface area contributed by atoms with Crippen LogP contribution >= 0.6 is 0 Å². The van der Waals surface area contributed by atoms with Gasteiger partial charge in [0.05, 0.1) is 12.1 Å². The van der Waals surface area contributed by atoms with E-state index in [0.29, 0.717) is 47.5 Å². The molecule has 7 aliphatic rings. The fourth-order valence-corrected chi connectivity index (χ4v) is 17.1. The van der Waals surface area contributed by atoms with E-state index in [4.69, 9.17) is 0 Å². The van der Waals surface area contributed by atoms with Gasteiger partial charge in [0, 0.05) is 29.1 Å². The number of carbonyl (C=O) groups is 2. The third-order valence-corrected chi connectivity index (χ3v) is 19.9. The van der Waals surface area contributed by atoms with Gasteiger partial charge in [0.25, 0.3) is 0 Å². The molecule has 6 fully saturated rings. The van der Waals surface area contributed by atoms with Crippen LogP contribution in [0.4, 0.5) is 0 Å². The summed E-state index contributed by atoms with van der Waals surface area (Å²) in [5, 5.41) is 13.4. The average Bonchev–Trinajstić information content (AvgIpc) is 3.71. The van der Waals surface area contributed by atoms with E-state index in [9.17, 15) is 18.9 Å². The summed E-state index contributed by atoms with van der Waals surface area (Å²) in [6, 6.07) is 7.78. The first-order valence-corrected chi connectivity index (χ1v) is 21.9. The van der Waals surface area contributed by atoms with Crippen LogP contribution in [-0.2, 0) is 14.3 Å². The number of rotatable bonds is 6. The molecule has 2 heterocycles. The minimum Gasteiger partial charge on any atom is -0.478 e. The summed E-state index contributed by atoms with van der Waals surface area (Å²) in [4.78, 5) is 27.9. The largest absolute Gasteiger partial charge is 0.478 e. The number of nitrogens with one attached hydrogen (secondary N) is 1. The monoisotopic (exact) mass is 714 g/mol. The van der Waals surface area contributed by atoms with Crippen molar-refractivity contribution >= 4 is 32.8 Å². The second-order valence-electron chi connectivity index (χ2n) is 19.8. The average molecular weight is 715 g/mol. The van der Waals surface area contributed by atoms with Crippen molar-refractivity contribution in [2.45, 2.75) is 123 Å². The Labute approximate surface area is 307 Å².